The molecule has 3 aliphatic rings. The van der Waals surface area contributed by atoms with Crippen molar-refractivity contribution in [1.82, 2.24) is 15.5 Å². The summed E-state index contributed by atoms with van der Waals surface area (Å²) in [5.74, 6) is 0.527. The molecule has 1 aromatic carbocycles. The number of rotatable bonds is 6. The van der Waals surface area contributed by atoms with Crippen LogP contribution in [0.1, 0.15) is 43.1 Å². The van der Waals surface area contributed by atoms with E-state index in [9.17, 15) is 14.4 Å². The number of nitrogens with one attached hydrogen (secondary N) is 2. The molecule has 2 N–H and O–H groups in total. The zero-order chi connectivity index (χ0) is 20.9. The Balaban J connectivity index is 1.43. The highest BCUT2D eigenvalue weighted by Gasteiger charge is 2.58. The van der Waals surface area contributed by atoms with Gasteiger partial charge in [-0.3, -0.25) is 14.9 Å². The number of carbonyl (C=O) groups excluding carboxylic acids is 3. The average molecular weight is 407 g/mol. The Morgan fingerprint density at radius 2 is 2.03 bits per heavy atom. The number of furan rings is 1. The molecule has 1 saturated heterocycles. The smallest absolute Gasteiger partial charge is 0.322 e. The molecule has 1 aromatic heterocycles. The maximum absolute atomic E-state index is 13.5. The minimum Gasteiger partial charge on any atom is -0.467 e. The van der Waals surface area contributed by atoms with Crippen LogP contribution in [0.2, 0.25) is 0 Å². The standard InChI is InChI=1S/C23H25N3O4/c1-14(15-8-9-15)26(13-18-6-4-10-30-18)20(27)12-17-11-16-5-2-3-7-19(16)23(17)21(28)24-22(29)25-23/h2-7,10,14-15,17H,8-9,11-13H2,1H3,(H2,24,25,28,29). The Hall–Kier alpha value is -3.09. The summed E-state index contributed by atoms with van der Waals surface area (Å²) < 4.78 is 5.49. The normalized spacial score (nSPS) is 25.7. The fourth-order valence-electron chi connectivity index (χ4n) is 5.08. The molecule has 1 aliphatic heterocycles. The van der Waals surface area contributed by atoms with Gasteiger partial charge in [-0.05, 0) is 55.4 Å². The second kappa shape index (κ2) is 7.00. The number of benzene rings is 1. The summed E-state index contributed by atoms with van der Waals surface area (Å²) in [6, 6.07) is 10.9. The summed E-state index contributed by atoms with van der Waals surface area (Å²) in [7, 11) is 0. The van der Waals surface area contributed by atoms with E-state index in [0.717, 1.165) is 29.7 Å². The van der Waals surface area contributed by atoms with Gasteiger partial charge in [0.2, 0.25) is 5.91 Å². The molecule has 2 aromatic rings. The number of amides is 4. The zero-order valence-electron chi connectivity index (χ0n) is 16.9. The first kappa shape index (κ1) is 18.9. The second-order valence-corrected chi connectivity index (χ2v) is 8.66. The minimum absolute atomic E-state index is 0.0167. The van der Waals surface area contributed by atoms with Crippen molar-refractivity contribution in [3.63, 3.8) is 0 Å². The number of urea groups is 1. The number of hydrogen-bond acceptors (Lipinski definition) is 4. The number of imide groups is 1. The fraction of sp³-hybridized carbons (Fsp3) is 0.435. The lowest BCUT2D eigenvalue weighted by molar-refractivity contribution is -0.137. The highest BCUT2D eigenvalue weighted by Crippen LogP contribution is 2.45. The van der Waals surface area contributed by atoms with Crippen LogP contribution in [0, 0.1) is 11.8 Å². The number of fused-ring (bicyclic) bond motifs is 2. The third kappa shape index (κ3) is 3.00. The van der Waals surface area contributed by atoms with E-state index in [0.29, 0.717) is 18.9 Å². The summed E-state index contributed by atoms with van der Waals surface area (Å²) in [6.45, 7) is 2.50. The van der Waals surface area contributed by atoms with Crippen LogP contribution < -0.4 is 10.6 Å². The van der Waals surface area contributed by atoms with Crippen LogP contribution in [0.25, 0.3) is 0 Å². The van der Waals surface area contributed by atoms with Gasteiger partial charge in [-0.25, -0.2) is 4.79 Å². The average Bonchev–Trinajstić information content (AvgIpc) is 3.24. The van der Waals surface area contributed by atoms with E-state index in [4.69, 9.17) is 4.42 Å². The molecule has 7 nitrogen and oxygen atoms in total. The number of nitrogens with zero attached hydrogens (tertiary/aromatic N) is 1. The van der Waals surface area contributed by atoms with Gasteiger partial charge in [0.25, 0.3) is 5.91 Å². The molecule has 3 atom stereocenters. The van der Waals surface area contributed by atoms with Crippen molar-refractivity contribution in [1.29, 1.82) is 0 Å². The Labute approximate surface area is 174 Å². The molecule has 2 aliphatic carbocycles. The minimum atomic E-state index is -1.18. The first-order chi connectivity index (χ1) is 14.5. The van der Waals surface area contributed by atoms with E-state index in [2.05, 4.69) is 17.6 Å². The van der Waals surface area contributed by atoms with Crippen LogP contribution in [0.5, 0.6) is 0 Å². The van der Waals surface area contributed by atoms with Gasteiger partial charge in [-0.2, -0.15) is 0 Å². The summed E-state index contributed by atoms with van der Waals surface area (Å²) in [4.78, 5) is 40.4. The first-order valence-electron chi connectivity index (χ1n) is 10.5. The molecule has 30 heavy (non-hydrogen) atoms. The first-order valence-corrected chi connectivity index (χ1v) is 10.5. The van der Waals surface area contributed by atoms with Crippen LogP contribution in [-0.4, -0.2) is 28.8 Å². The molecule has 5 rings (SSSR count). The Morgan fingerprint density at radius 3 is 2.70 bits per heavy atom. The van der Waals surface area contributed by atoms with Crippen molar-refractivity contribution in [2.24, 2.45) is 11.8 Å². The number of carbonyl (C=O) groups is 3. The van der Waals surface area contributed by atoms with Crippen molar-refractivity contribution in [3.05, 3.63) is 59.5 Å². The summed E-state index contributed by atoms with van der Waals surface area (Å²) >= 11 is 0. The van der Waals surface area contributed by atoms with Crippen LogP contribution in [0.3, 0.4) is 0 Å². The topological polar surface area (TPSA) is 91.7 Å². The SMILES string of the molecule is CC(C1CC1)N(Cc1ccco1)C(=O)CC1Cc2ccccc2C12NC(=O)NC2=O. The van der Waals surface area contributed by atoms with Gasteiger partial charge in [0, 0.05) is 18.4 Å². The quantitative estimate of drug-likeness (QED) is 0.721. The van der Waals surface area contributed by atoms with E-state index < -0.39 is 11.6 Å². The van der Waals surface area contributed by atoms with Gasteiger partial charge in [0.1, 0.15) is 5.76 Å². The highest BCUT2D eigenvalue weighted by molar-refractivity contribution is 6.08. The zero-order valence-corrected chi connectivity index (χ0v) is 16.9. The van der Waals surface area contributed by atoms with Crippen LogP contribution in [-0.2, 0) is 28.1 Å². The monoisotopic (exact) mass is 407 g/mol. The number of hydrogen-bond donors (Lipinski definition) is 2. The van der Waals surface area contributed by atoms with Crippen molar-refractivity contribution in [2.75, 3.05) is 0 Å². The van der Waals surface area contributed by atoms with Gasteiger partial charge >= 0.3 is 6.03 Å². The molecule has 7 heteroatoms. The van der Waals surface area contributed by atoms with Crippen molar-refractivity contribution < 1.29 is 18.8 Å². The summed E-state index contributed by atoms with van der Waals surface area (Å²) in [5, 5.41) is 5.23. The van der Waals surface area contributed by atoms with Crippen molar-refractivity contribution >= 4 is 17.8 Å². The molecule has 1 saturated carbocycles. The lowest BCUT2D eigenvalue weighted by Gasteiger charge is -2.33. The van der Waals surface area contributed by atoms with Gasteiger partial charge in [0.05, 0.1) is 12.8 Å². The lowest BCUT2D eigenvalue weighted by Crippen LogP contribution is -2.50. The van der Waals surface area contributed by atoms with Crippen LogP contribution in [0.15, 0.2) is 47.1 Å². The third-order valence-corrected chi connectivity index (χ3v) is 6.86. The Bertz CT molecular complexity index is 998. The largest absolute Gasteiger partial charge is 0.467 e. The maximum atomic E-state index is 13.5. The summed E-state index contributed by atoms with van der Waals surface area (Å²) in [5.41, 5.74) is 0.613. The van der Waals surface area contributed by atoms with E-state index in [1.807, 2.05) is 41.3 Å². The molecule has 4 amide bonds. The second-order valence-electron chi connectivity index (χ2n) is 8.66. The highest BCUT2D eigenvalue weighted by atomic mass is 16.3. The van der Waals surface area contributed by atoms with Gasteiger partial charge < -0.3 is 14.6 Å². The maximum Gasteiger partial charge on any atom is 0.322 e. The molecule has 3 unspecified atom stereocenters. The van der Waals surface area contributed by atoms with E-state index in [1.165, 1.54) is 0 Å². The molecule has 0 radical (unpaired) electrons. The Morgan fingerprint density at radius 1 is 1.23 bits per heavy atom. The van der Waals surface area contributed by atoms with E-state index >= 15 is 0 Å². The van der Waals surface area contributed by atoms with E-state index in [-0.39, 0.29) is 30.2 Å². The van der Waals surface area contributed by atoms with Crippen LogP contribution in [0.4, 0.5) is 4.79 Å². The van der Waals surface area contributed by atoms with Crippen molar-refractivity contribution in [3.8, 4) is 0 Å². The van der Waals surface area contributed by atoms with Crippen molar-refractivity contribution in [2.45, 2.75) is 50.7 Å². The lowest BCUT2D eigenvalue weighted by atomic mass is 9.81. The van der Waals surface area contributed by atoms with Gasteiger partial charge in [-0.15, -0.1) is 0 Å². The molecular weight excluding hydrogens is 382 g/mol. The summed E-state index contributed by atoms with van der Waals surface area (Å²) in [6.07, 6.45) is 4.61. The van der Waals surface area contributed by atoms with Crippen LogP contribution >= 0.6 is 0 Å². The Kier molecular flexibility index (Phi) is 4.41. The molecule has 2 fully saturated rings. The molecule has 0 bridgehead atoms. The van der Waals surface area contributed by atoms with Gasteiger partial charge in [-0.1, -0.05) is 24.3 Å². The molecular formula is C23H25N3O4. The van der Waals surface area contributed by atoms with Gasteiger partial charge in [0.15, 0.2) is 5.54 Å². The van der Waals surface area contributed by atoms with E-state index in [1.54, 1.807) is 6.26 Å². The predicted molar refractivity (Wildman–Crippen MR) is 108 cm³/mol. The molecule has 156 valence electrons. The molecule has 1 spiro atoms. The fourth-order valence-corrected chi connectivity index (χ4v) is 5.08. The molecule has 2 heterocycles. The predicted octanol–water partition coefficient (Wildman–Crippen LogP) is 2.70. The third-order valence-electron chi connectivity index (χ3n) is 6.86.